The Morgan fingerprint density at radius 2 is 1.43 bits per heavy atom. The summed E-state index contributed by atoms with van der Waals surface area (Å²) in [5, 5.41) is 1.75. The van der Waals surface area contributed by atoms with Crippen molar-refractivity contribution in [2.24, 2.45) is 0 Å². The number of rotatable bonds is 15. The zero-order valence-electron chi connectivity index (χ0n) is 26.7. The standard InChI is InChI=1S/C38H45F2NO2Si/c1-6-8-11-21-33-36(29-22-24-30(39)25-23-29)34(37(27(3)4)41-38(33)28(5)42)26-43-44(35(40)16-7-2,31-17-12-9-13-18-31)32-19-14-10-15-20-32/h9-10,12-15,17-20,22-25,27,35H,6-8,11,16,21,26H2,1-5H3. The summed E-state index contributed by atoms with van der Waals surface area (Å²) in [6.45, 7) is 9.92. The van der Waals surface area contributed by atoms with Crippen LogP contribution >= 0.6 is 0 Å². The number of carbonyl (C=O) groups is 1. The molecule has 0 N–H and O–H groups in total. The second kappa shape index (κ2) is 15.5. The van der Waals surface area contributed by atoms with Crippen molar-refractivity contribution in [2.75, 3.05) is 0 Å². The first-order valence-electron chi connectivity index (χ1n) is 16.0. The van der Waals surface area contributed by atoms with Crippen LogP contribution in [0, 0.1) is 5.82 Å². The summed E-state index contributed by atoms with van der Waals surface area (Å²) in [4.78, 5) is 18.1. The predicted octanol–water partition coefficient (Wildman–Crippen LogP) is 8.90. The van der Waals surface area contributed by atoms with Gasteiger partial charge in [0.2, 0.25) is 0 Å². The number of halogens is 2. The number of hydrogen-bond donors (Lipinski definition) is 0. The fraction of sp³-hybridized carbons (Fsp3) is 0.368. The third-order valence-corrected chi connectivity index (χ3v) is 12.5. The topological polar surface area (TPSA) is 39.2 Å². The molecule has 0 spiro atoms. The lowest BCUT2D eigenvalue weighted by Gasteiger charge is -2.36. The van der Waals surface area contributed by atoms with Crippen LogP contribution in [0.2, 0.25) is 0 Å². The molecule has 0 aliphatic carbocycles. The van der Waals surface area contributed by atoms with E-state index in [9.17, 15) is 9.18 Å². The Morgan fingerprint density at radius 3 is 1.93 bits per heavy atom. The molecule has 4 rings (SSSR count). The Labute approximate surface area is 262 Å². The Kier molecular flexibility index (Phi) is 11.8. The molecule has 0 saturated heterocycles. The van der Waals surface area contributed by atoms with Crippen LogP contribution in [0.15, 0.2) is 84.9 Å². The van der Waals surface area contributed by atoms with Crippen LogP contribution < -0.4 is 10.4 Å². The molecule has 0 amide bonds. The van der Waals surface area contributed by atoms with Gasteiger partial charge in [-0.1, -0.05) is 120 Å². The van der Waals surface area contributed by atoms with Crippen LogP contribution in [0.1, 0.15) is 99.9 Å². The average molecular weight is 614 g/mol. The first kappa shape index (κ1) is 33.4. The zero-order chi connectivity index (χ0) is 31.7. The van der Waals surface area contributed by atoms with E-state index in [2.05, 4.69) is 20.8 Å². The quantitative estimate of drug-likeness (QED) is 0.0764. The number of alkyl halides is 1. The third-order valence-electron chi connectivity index (χ3n) is 8.31. The number of unbranched alkanes of at least 4 members (excludes halogenated alkanes) is 2. The van der Waals surface area contributed by atoms with Crippen LogP contribution in [-0.4, -0.2) is 24.9 Å². The van der Waals surface area contributed by atoms with Gasteiger partial charge in [-0.2, -0.15) is 0 Å². The van der Waals surface area contributed by atoms with Crippen molar-refractivity contribution in [1.82, 2.24) is 4.98 Å². The maximum Gasteiger partial charge on any atom is 0.290 e. The van der Waals surface area contributed by atoms with Gasteiger partial charge in [0, 0.05) is 18.2 Å². The van der Waals surface area contributed by atoms with Gasteiger partial charge in [-0.3, -0.25) is 4.79 Å². The van der Waals surface area contributed by atoms with Crippen molar-refractivity contribution in [3.63, 3.8) is 0 Å². The van der Waals surface area contributed by atoms with E-state index >= 15 is 4.39 Å². The number of aromatic nitrogens is 1. The van der Waals surface area contributed by atoms with Crippen LogP contribution in [0.5, 0.6) is 0 Å². The second-order valence-electron chi connectivity index (χ2n) is 11.9. The van der Waals surface area contributed by atoms with Gasteiger partial charge in [-0.25, -0.2) is 13.8 Å². The number of nitrogens with zero attached hydrogens (tertiary/aromatic N) is 1. The Balaban J connectivity index is 2.01. The monoisotopic (exact) mass is 613 g/mol. The maximum absolute atomic E-state index is 16.8. The lowest BCUT2D eigenvalue weighted by molar-refractivity contribution is 0.101. The van der Waals surface area contributed by atoms with Crippen LogP contribution in [-0.2, 0) is 17.5 Å². The van der Waals surface area contributed by atoms with Gasteiger partial charge in [0.05, 0.1) is 6.61 Å². The van der Waals surface area contributed by atoms with Crippen molar-refractivity contribution in [3.8, 4) is 11.1 Å². The Hall–Kier alpha value is -3.48. The summed E-state index contributed by atoms with van der Waals surface area (Å²) in [5.41, 5.74) is 4.58. The van der Waals surface area contributed by atoms with E-state index in [0.29, 0.717) is 25.0 Å². The Morgan fingerprint density at radius 1 is 0.841 bits per heavy atom. The third kappa shape index (κ3) is 7.24. The van der Waals surface area contributed by atoms with Gasteiger partial charge in [-0.15, -0.1) is 0 Å². The molecule has 4 aromatic rings. The van der Waals surface area contributed by atoms with Crippen LogP contribution in [0.4, 0.5) is 8.78 Å². The normalized spacial score (nSPS) is 12.5. The van der Waals surface area contributed by atoms with E-state index in [4.69, 9.17) is 9.41 Å². The highest BCUT2D eigenvalue weighted by Crippen LogP contribution is 2.37. The largest absolute Gasteiger partial charge is 0.401 e. The lowest BCUT2D eigenvalue weighted by atomic mass is 9.87. The molecule has 6 heteroatoms. The highest BCUT2D eigenvalue weighted by molar-refractivity contribution is 6.98. The number of Topliss-reactive ketones (excluding diaryl/α,β-unsaturated/α-hetero) is 1. The molecule has 1 aromatic heterocycles. The molecule has 1 unspecified atom stereocenters. The van der Waals surface area contributed by atoms with E-state index < -0.39 is 14.1 Å². The SMILES string of the molecule is CCCCCc1c(C(C)=O)nc(C(C)C)c(CO[Si](c2ccccc2)(c2ccccc2)C(F)CCC)c1-c1ccc(F)cc1. The summed E-state index contributed by atoms with van der Waals surface area (Å²) < 4.78 is 38.1. The molecule has 1 heterocycles. The van der Waals surface area contributed by atoms with Crippen molar-refractivity contribution in [3.05, 3.63) is 113 Å². The van der Waals surface area contributed by atoms with E-state index in [1.165, 1.54) is 12.1 Å². The molecule has 3 nitrogen and oxygen atoms in total. The molecule has 0 aliphatic heterocycles. The summed E-state index contributed by atoms with van der Waals surface area (Å²) in [5.74, 6) is -1.65. The lowest BCUT2D eigenvalue weighted by Crippen LogP contribution is -2.67. The van der Waals surface area contributed by atoms with E-state index in [0.717, 1.165) is 57.6 Å². The molecule has 44 heavy (non-hydrogen) atoms. The minimum atomic E-state index is -3.45. The molecule has 0 fully saturated rings. The maximum atomic E-state index is 16.8. The molecule has 0 bridgehead atoms. The van der Waals surface area contributed by atoms with Crippen molar-refractivity contribution in [2.45, 2.75) is 91.5 Å². The van der Waals surface area contributed by atoms with E-state index in [1.54, 1.807) is 19.1 Å². The van der Waals surface area contributed by atoms with Crippen LogP contribution in [0.25, 0.3) is 11.1 Å². The fourth-order valence-electron chi connectivity index (χ4n) is 6.16. The number of pyridine rings is 1. The summed E-state index contributed by atoms with van der Waals surface area (Å²) in [6.07, 6.45) is 4.66. The molecule has 0 aliphatic rings. The highest BCUT2D eigenvalue weighted by atomic mass is 28.4. The predicted molar refractivity (Wildman–Crippen MR) is 179 cm³/mol. The second-order valence-corrected chi connectivity index (χ2v) is 15.4. The molecule has 3 aromatic carbocycles. The van der Waals surface area contributed by atoms with Gasteiger partial charge in [0.1, 0.15) is 17.3 Å². The van der Waals surface area contributed by atoms with Crippen molar-refractivity contribution < 1.29 is 18.0 Å². The molecular formula is C38H45F2NO2Si. The zero-order valence-corrected chi connectivity index (χ0v) is 27.7. The fourth-order valence-corrected chi connectivity index (χ4v) is 10.2. The molecule has 0 radical (unpaired) electrons. The van der Waals surface area contributed by atoms with Gasteiger partial charge < -0.3 is 4.43 Å². The van der Waals surface area contributed by atoms with Crippen molar-refractivity contribution >= 4 is 24.5 Å². The minimum Gasteiger partial charge on any atom is -0.401 e. The van der Waals surface area contributed by atoms with Gasteiger partial charge >= 0.3 is 0 Å². The van der Waals surface area contributed by atoms with Crippen molar-refractivity contribution in [1.29, 1.82) is 0 Å². The molecule has 0 saturated carbocycles. The highest BCUT2D eigenvalue weighted by Gasteiger charge is 2.48. The molecule has 1 atom stereocenters. The van der Waals surface area contributed by atoms with Crippen LogP contribution in [0.3, 0.4) is 0 Å². The van der Waals surface area contributed by atoms with E-state index in [-0.39, 0.29) is 24.1 Å². The summed E-state index contributed by atoms with van der Waals surface area (Å²) in [6, 6.07) is 26.0. The first-order chi connectivity index (χ1) is 21.2. The smallest absolute Gasteiger partial charge is 0.290 e. The summed E-state index contributed by atoms with van der Waals surface area (Å²) in [7, 11) is -3.45. The minimum absolute atomic E-state index is 0.0306. The number of carbonyl (C=O) groups excluding carboxylic acids is 1. The van der Waals surface area contributed by atoms with Gasteiger partial charge in [0.25, 0.3) is 8.32 Å². The molecular weight excluding hydrogens is 569 g/mol. The summed E-state index contributed by atoms with van der Waals surface area (Å²) >= 11 is 0. The number of hydrogen-bond acceptors (Lipinski definition) is 3. The average Bonchev–Trinajstić information content (AvgIpc) is 3.03. The van der Waals surface area contributed by atoms with Gasteiger partial charge in [0.15, 0.2) is 5.78 Å². The van der Waals surface area contributed by atoms with E-state index in [1.807, 2.05) is 67.6 Å². The van der Waals surface area contributed by atoms with Gasteiger partial charge in [-0.05, 0) is 64.4 Å². The number of ketones is 1. The Bertz CT molecular complexity index is 1470. The first-order valence-corrected chi connectivity index (χ1v) is 17.9. The number of benzene rings is 3. The molecule has 232 valence electrons.